The summed E-state index contributed by atoms with van der Waals surface area (Å²) in [5.74, 6) is 0. The van der Waals surface area contributed by atoms with E-state index in [1.807, 2.05) is 97.9 Å². The van der Waals surface area contributed by atoms with Crippen LogP contribution in [0.2, 0.25) is 19.6 Å². The quantitative estimate of drug-likeness (QED) is 0.140. The molecule has 0 radical (unpaired) electrons. The summed E-state index contributed by atoms with van der Waals surface area (Å²) in [6, 6.07) is 35.0. The fraction of sp³-hybridized carbons (Fsp3) is 0.368. The summed E-state index contributed by atoms with van der Waals surface area (Å²) in [6.07, 6.45) is -2.94. The van der Waals surface area contributed by atoms with Crippen molar-refractivity contribution in [3.63, 3.8) is 0 Å². The van der Waals surface area contributed by atoms with Crippen molar-refractivity contribution in [3.8, 4) is 0 Å². The van der Waals surface area contributed by atoms with Gasteiger partial charge in [-0.3, -0.25) is 0 Å². The summed E-state index contributed by atoms with van der Waals surface area (Å²) in [4.78, 5) is 0.113. The first-order valence-corrected chi connectivity index (χ1v) is 21.2. The van der Waals surface area contributed by atoms with E-state index in [-0.39, 0.29) is 31.1 Å². The number of benzene rings is 4. The highest BCUT2D eigenvalue weighted by Crippen LogP contribution is 2.40. The van der Waals surface area contributed by atoms with E-state index in [4.69, 9.17) is 18.6 Å². The maximum absolute atomic E-state index is 13.8. The number of sulfonamides is 1. The van der Waals surface area contributed by atoms with Gasteiger partial charge in [-0.05, 0) is 61.8 Å². The molecule has 5 rings (SSSR count). The van der Waals surface area contributed by atoms with Crippen LogP contribution in [-0.4, -0.2) is 58.4 Å². The highest BCUT2D eigenvalue weighted by atomic mass is 32.2. The zero-order chi connectivity index (χ0) is 34.2. The molecule has 10 heteroatoms. The predicted molar refractivity (Wildman–Crippen MR) is 189 cm³/mol. The number of aliphatic hydroxyl groups is 1. The Hall–Kier alpha value is -3.19. The van der Waals surface area contributed by atoms with Crippen LogP contribution in [0, 0.1) is 6.92 Å². The lowest BCUT2D eigenvalue weighted by molar-refractivity contribution is -0.239. The number of rotatable bonds is 15. The van der Waals surface area contributed by atoms with Crippen LogP contribution < -0.4 is 4.72 Å². The summed E-state index contributed by atoms with van der Waals surface area (Å²) in [6.45, 7) is 8.96. The van der Waals surface area contributed by atoms with E-state index in [0.29, 0.717) is 6.61 Å². The summed E-state index contributed by atoms with van der Waals surface area (Å²) in [5.41, 5.74) is 2.62. The molecule has 0 aliphatic heterocycles. The molecule has 2 N–H and O–H groups in total. The van der Waals surface area contributed by atoms with Crippen LogP contribution in [0.15, 0.2) is 120 Å². The second-order valence-corrected chi connectivity index (χ2v) is 19.6. The highest BCUT2D eigenvalue weighted by Gasteiger charge is 2.57. The van der Waals surface area contributed by atoms with Gasteiger partial charge in [0.15, 0.2) is 8.32 Å². The molecule has 0 saturated heterocycles. The Labute approximate surface area is 286 Å². The van der Waals surface area contributed by atoms with Gasteiger partial charge in [-0.2, -0.15) is 0 Å². The summed E-state index contributed by atoms with van der Waals surface area (Å²) in [5, 5.41) is 12.0. The molecule has 1 aliphatic carbocycles. The van der Waals surface area contributed by atoms with E-state index in [0.717, 1.165) is 22.3 Å². The molecular formula is C38H47NO7SSi. The van der Waals surface area contributed by atoms with Crippen molar-refractivity contribution >= 4 is 18.3 Å². The molecule has 1 saturated carbocycles. The molecule has 0 bridgehead atoms. The lowest BCUT2D eigenvalue weighted by Crippen LogP contribution is -2.71. The zero-order valence-corrected chi connectivity index (χ0v) is 29.9. The van der Waals surface area contributed by atoms with Gasteiger partial charge in [0.25, 0.3) is 0 Å². The van der Waals surface area contributed by atoms with E-state index in [9.17, 15) is 13.5 Å². The van der Waals surface area contributed by atoms with Gasteiger partial charge in [0.05, 0.1) is 43.5 Å². The molecule has 5 atom stereocenters. The van der Waals surface area contributed by atoms with Crippen LogP contribution in [-0.2, 0) is 48.5 Å². The standard InChI is InChI=1S/C38H47NO7SSi/c1-29-20-22-33(23-21-29)47(41,42)39-34-24-38(46-48(2,3)4,28-43-25-30-14-8-5-9-15-30)37(45-27-32-18-12-7-13-19-32)36(35(34)40)44-26-31-16-10-6-11-17-31/h5-23,34-37,39-40H,24-28H2,1-4H3/t34-,35-,36+,37-,38+/m0/s1. The topological polar surface area (TPSA) is 103 Å². The molecule has 256 valence electrons. The average Bonchev–Trinajstić information content (AvgIpc) is 3.06. The lowest BCUT2D eigenvalue weighted by Gasteiger charge is -2.53. The van der Waals surface area contributed by atoms with E-state index < -0.39 is 48.3 Å². The first-order chi connectivity index (χ1) is 22.9. The van der Waals surface area contributed by atoms with Gasteiger partial charge >= 0.3 is 0 Å². The number of hydrogen-bond acceptors (Lipinski definition) is 7. The molecule has 0 aromatic heterocycles. The molecule has 48 heavy (non-hydrogen) atoms. The molecule has 0 heterocycles. The number of aliphatic hydroxyl groups excluding tert-OH is 1. The van der Waals surface area contributed by atoms with E-state index in [2.05, 4.69) is 24.4 Å². The van der Waals surface area contributed by atoms with E-state index in [1.54, 1.807) is 24.3 Å². The minimum Gasteiger partial charge on any atom is -0.407 e. The van der Waals surface area contributed by atoms with Crippen LogP contribution in [0.5, 0.6) is 0 Å². The molecule has 1 fully saturated rings. The minimum absolute atomic E-state index is 0.0896. The van der Waals surface area contributed by atoms with Crippen LogP contribution in [0.3, 0.4) is 0 Å². The third kappa shape index (κ3) is 9.70. The van der Waals surface area contributed by atoms with Crippen molar-refractivity contribution in [1.29, 1.82) is 0 Å². The monoisotopic (exact) mass is 689 g/mol. The van der Waals surface area contributed by atoms with Crippen molar-refractivity contribution < 1.29 is 32.2 Å². The molecule has 4 aromatic rings. The van der Waals surface area contributed by atoms with Crippen molar-refractivity contribution in [1.82, 2.24) is 4.72 Å². The Morgan fingerprint density at radius 2 is 1.25 bits per heavy atom. The summed E-state index contributed by atoms with van der Waals surface area (Å²) in [7, 11) is -6.39. The normalized spacial score (nSPS) is 23.2. The second kappa shape index (κ2) is 16.0. The van der Waals surface area contributed by atoms with Gasteiger partial charge in [-0.1, -0.05) is 109 Å². The van der Waals surface area contributed by atoms with Gasteiger partial charge in [0.2, 0.25) is 10.0 Å². The number of ether oxygens (including phenoxy) is 3. The van der Waals surface area contributed by atoms with Gasteiger partial charge in [0.1, 0.15) is 17.8 Å². The first-order valence-electron chi connectivity index (χ1n) is 16.3. The summed E-state index contributed by atoms with van der Waals surface area (Å²) < 4.78 is 57.1. The van der Waals surface area contributed by atoms with Crippen molar-refractivity contribution in [3.05, 3.63) is 138 Å². The smallest absolute Gasteiger partial charge is 0.240 e. The Morgan fingerprint density at radius 1 is 0.750 bits per heavy atom. The fourth-order valence-corrected chi connectivity index (χ4v) is 8.90. The van der Waals surface area contributed by atoms with Crippen LogP contribution in [0.4, 0.5) is 0 Å². The number of nitrogens with one attached hydrogen (secondary N) is 1. The number of aryl methyl sites for hydroxylation is 1. The van der Waals surface area contributed by atoms with Crippen LogP contribution >= 0.6 is 0 Å². The van der Waals surface area contributed by atoms with Crippen molar-refractivity contribution in [2.45, 2.75) is 87.7 Å². The Morgan fingerprint density at radius 3 is 1.77 bits per heavy atom. The summed E-state index contributed by atoms with van der Waals surface area (Å²) >= 11 is 0. The third-order valence-corrected chi connectivity index (χ3v) is 10.8. The van der Waals surface area contributed by atoms with E-state index in [1.165, 1.54) is 0 Å². The van der Waals surface area contributed by atoms with Crippen molar-refractivity contribution in [2.24, 2.45) is 0 Å². The molecular weight excluding hydrogens is 643 g/mol. The SMILES string of the molecule is Cc1ccc(S(=O)(=O)N[C@H]2C[C@](COCc3ccccc3)(O[Si](C)(C)C)[C@@H](OCc3ccccc3)[C@H](OCc3ccccc3)[C@H]2O)cc1. The zero-order valence-electron chi connectivity index (χ0n) is 28.1. The van der Waals surface area contributed by atoms with Gasteiger partial charge in [-0.25, -0.2) is 13.1 Å². The first kappa shape index (κ1) is 36.1. The van der Waals surface area contributed by atoms with Gasteiger partial charge in [-0.15, -0.1) is 0 Å². The lowest BCUT2D eigenvalue weighted by atomic mass is 9.76. The second-order valence-electron chi connectivity index (χ2n) is 13.5. The minimum atomic E-state index is -4.02. The maximum atomic E-state index is 13.8. The molecule has 4 aromatic carbocycles. The number of hydrogen-bond donors (Lipinski definition) is 2. The Kier molecular flexibility index (Phi) is 12.0. The maximum Gasteiger partial charge on any atom is 0.240 e. The molecule has 0 spiro atoms. The largest absolute Gasteiger partial charge is 0.407 e. The molecule has 8 nitrogen and oxygen atoms in total. The Bertz CT molecular complexity index is 1670. The highest BCUT2D eigenvalue weighted by molar-refractivity contribution is 7.89. The average molecular weight is 690 g/mol. The van der Waals surface area contributed by atoms with Gasteiger partial charge < -0.3 is 23.7 Å². The Balaban J connectivity index is 1.55. The van der Waals surface area contributed by atoms with E-state index >= 15 is 0 Å². The fourth-order valence-electron chi connectivity index (χ4n) is 6.17. The molecule has 0 unspecified atom stereocenters. The third-order valence-electron chi connectivity index (χ3n) is 8.29. The van der Waals surface area contributed by atoms with Gasteiger partial charge in [0, 0.05) is 0 Å². The van der Waals surface area contributed by atoms with Crippen LogP contribution in [0.1, 0.15) is 28.7 Å². The molecule has 0 amide bonds. The van der Waals surface area contributed by atoms with Crippen LogP contribution in [0.25, 0.3) is 0 Å². The molecule has 1 aliphatic rings. The predicted octanol–water partition coefficient (Wildman–Crippen LogP) is 6.38. The van der Waals surface area contributed by atoms with Crippen molar-refractivity contribution in [2.75, 3.05) is 6.61 Å².